The predicted octanol–water partition coefficient (Wildman–Crippen LogP) is 0.489. The molecule has 0 bridgehead atoms. The zero-order valence-electron chi connectivity index (χ0n) is 16.8. The maximum Gasteiger partial charge on any atom is 0.332 e. The summed E-state index contributed by atoms with van der Waals surface area (Å²) < 4.78 is 13.9. The third kappa shape index (κ3) is 3.72. The second kappa shape index (κ2) is 8.29. The number of methoxy groups -OCH3 is 1. The van der Waals surface area contributed by atoms with Gasteiger partial charge in [-0.1, -0.05) is 0 Å². The Balaban J connectivity index is 1.83. The van der Waals surface area contributed by atoms with E-state index in [2.05, 4.69) is 4.99 Å². The molecule has 0 radical (unpaired) electrons. The Morgan fingerprint density at radius 1 is 1.34 bits per heavy atom. The third-order valence-electron chi connectivity index (χ3n) is 5.62. The van der Waals surface area contributed by atoms with E-state index in [4.69, 9.17) is 15.2 Å². The lowest BCUT2D eigenvalue weighted by Crippen LogP contribution is -2.42. The van der Waals surface area contributed by atoms with Gasteiger partial charge in [-0.15, -0.1) is 11.3 Å². The molecule has 0 amide bonds. The van der Waals surface area contributed by atoms with Crippen molar-refractivity contribution in [3.8, 4) is 0 Å². The van der Waals surface area contributed by atoms with Crippen LogP contribution in [-0.4, -0.2) is 59.5 Å². The number of aryl methyl sites for hydroxylation is 1. The van der Waals surface area contributed by atoms with Crippen molar-refractivity contribution < 1.29 is 9.47 Å². The summed E-state index contributed by atoms with van der Waals surface area (Å²) in [6, 6.07) is 0. The smallest absolute Gasteiger partial charge is 0.332 e. The molecule has 1 atom stereocenters. The van der Waals surface area contributed by atoms with E-state index in [1.54, 1.807) is 11.7 Å². The molecular formula is C19H27N5O4S. The van der Waals surface area contributed by atoms with E-state index in [0.717, 1.165) is 29.8 Å². The van der Waals surface area contributed by atoms with Gasteiger partial charge in [-0.05, 0) is 25.3 Å². The van der Waals surface area contributed by atoms with Crippen LogP contribution in [0.15, 0.2) is 14.6 Å². The molecule has 2 aromatic rings. The van der Waals surface area contributed by atoms with Crippen LogP contribution in [0.1, 0.15) is 23.3 Å². The maximum atomic E-state index is 13.2. The molecule has 0 spiro atoms. The molecule has 2 aliphatic rings. The summed E-state index contributed by atoms with van der Waals surface area (Å²) in [5.74, 6) is 0.524. The molecule has 4 heterocycles. The Labute approximate surface area is 172 Å². The largest absolute Gasteiger partial charge is 0.383 e. The van der Waals surface area contributed by atoms with Gasteiger partial charge in [0.1, 0.15) is 4.83 Å². The van der Waals surface area contributed by atoms with E-state index >= 15 is 0 Å². The molecule has 0 aromatic carbocycles. The lowest BCUT2D eigenvalue weighted by Gasteiger charge is -2.16. The summed E-state index contributed by atoms with van der Waals surface area (Å²) in [6.07, 6.45) is 1.91. The zero-order chi connectivity index (χ0) is 20.5. The number of aromatic nitrogens is 2. The van der Waals surface area contributed by atoms with E-state index in [-0.39, 0.29) is 23.9 Å². The molecule has 1 saturated heterocycles. The number of ether oxygens (including phenoxy) is 2. The molecule has 10 heteroatoms. The summed E-state index contributed by atoms with van der Waals surface area (Å²) in [5, 5.41) is 0.605. The maximum absolute atomic E-state index is 13.2. The Morgan fingerprint density at radius 2 is 2.17 bits per heavy atom. The molecule has 1 unspecified atom stereocenters. The molecular weight excluding hydrogens is 394 g/mol. The van der Waals surface area contributed by atoms with Gasteiger partial charge < -0.3 is 20.1 Å². The second-order valence-corrected chi connectivity index (χ2v) is 8.55. The van der Waals surface area contributed by atoms with Gasteiger partial charge in [0.05, 0.1) is 44.3 Å². The third-order valence-corrected chi connectivity index (χ3v) is 6.92. The lowest BCUT2D eigenvalue weighted by atomic mass is 10.2. The van der Waals surface area contributed by atoms with Gasteiger partial charge in [-0.2, -0.15) is 0 Å². The highest BCUT2D eigenvalue weighted by atomic mass is 32.1. The number of rotatable bonds is 7. The molecule has 2 aliphatic heterocycles. The van der Waals surface area contributed by atoms with Crippen molar-refractivity contribution in [2.45, 2.75) is 45.5 Å². The normalized spacial score (nSPS) is 19.4. The van der Waals surface area contributed by atoms with E-state index in [1.165, 1.54) is 15.9 Å². The molecule has 4 rings (SSSR count). The number of hydrogen-bond acceptors (Lipinski definition) is 8. The SMILES string of the molecule is COCCn1c(=O)c2c(C)c(CN3CCN=C3N)sc2n(CC2CCCO2)c1=O. The van der Waals surface area contributed by atoms with Crippen LogP contribution >= 0.6 is 11.3 Å². The Kier molecular flexibility index (Phi) is 5.75. The van der Waals surface area contributed by atoms with Crippen LogP contribution in [-0.2, 0) is 29.1 Å². The van der Waals surface area contributed by atoms with Crippen molar-refractivity contribution in [3.63, 3.8) is 0 Å². The monoisotopic (exact) mass is 421 g/mol. The molecule has 158 valence electrons. The molecule has 1 fully saturated rings. The molecule has 9 nitrogen and oxygen atoms in total. The van der Waals surface area contributed by atoms with Crippen molar-refractivity contribution in [1.82, 2.24) is 14.0 Å². The van der Waals surface area contributed by atoms with Gasteiger partial charge in [0, 0.05) is 25.1 Å². The highest BCUT2D eigenvalue weighted by molar-refractivity contribution is 7.18. The van der Waals surface area contributed by atoms with Crippen LogP contribution in [0.4, 0.5) is 0 Å². The van der Waals surface area contributed by atoms with Gasteiger partial charge in [0.2, 0.25) is 0 Å². The molecule has 2 N–H and O–H groups in total. The fourth-order valence-corrected chi connectivity index (χ4v) is 5.27. The van der Waals surface area contributed by atoms with Crippen molar-refractivity contribution in [2.75, 3.05) is 33.4 Å². The quantitative estimate of drug-likeness (QED) is 0.698. The Bertz CT molecular complexity index is 1050. The molecule has 2 aromatic heterocycles. The number of fused-ring (bicyclic) bond motifs is 1. The van der Waals surface area contributed by atoms with Gasteiger partial charge in [0.15, 0.2) is 5.96 Å². The first kappa shape index (κ1) is 20.1. The van der Waals surface area contributed by atoms with E-state index in [0.29, 0.717) is 49.0 Å². The minimum atomic E-state index is -0.301. The molecule has 0 aliphatic carbocycles. The van der Waals surface area contributed by atoms with Crippen LogP contribution in [0.3, 0.4) is 0 Å². The van der Waals surface area contributed by atoms with Crippen LogP contribution in [0.2, 0.25) is 0 Å². The first-order valence-electron chi connectivity index (χ1n) is 9.92. The number of thiophene rings is 1. The number of guanidine groups is 1. The summed E-state index contributed by atoms with van der Waals surface area (Å²) in [5.41, 5.74) is 6.32. The van der Waals surface area contributed by atoms with Crippen LogP contribution < -0.4 is 17.0 Å². The average Bonchev–Trinajstić information content (AvgIpc) is 3.42. The topological polar surface area (TPSA) is 104 Å². The van der Waals surface area contributed by atoms with E-state index < -0.39 is 0 Å². The molecule has 0 saturated carbocycles. The number of hydrogen-bond donors (Lipinski definition) is 1. The molecule has 29 heavy (non-hydrogen) atoms. The van der Waals surface area contributed by atoms with Crippen LogP contribution in [0, 0.1) is 6.92 Å². The minimum Gasteiger partial charge on any atom is -0.383 e. The van der Waals surface area contributed by atoms with Crippen LogP contribution in [0.25, 0.3) is 10.2 Å². The average molecular weight is 422 g/mol. The van der Waals surface area contributed by atoms with E-state index in [9.17, 15) is 9.59 Å². The van der Waals surface area contributed by atoms with Crippen molar-refractivity contribution in [1.29, 1.82) is 0 Å². The highest BCUT2D eigenvalue weighted by Gasteiger charge is 2.25. The summed E-state index contributed by atoms with van der Waals surface area (Å²) in [6.45, 7) is 5.68. The highest BCUT2D eigenvalue weighted by Crippen LogP contribution is 2.30. The zero-order valence-corrected chi connectivity index (χ0v) is 17.7. The number of aliphatic imine (C=N–C) groups is 1. The summed E-state index contributed by atoms with van der Waals surface area (Å²) in [4.78, 5) is 34.4. The fourth-order valence-electron chi connectivity index (χ4n) is 3.96. The van der Waals surface area contributed by atoms with Crippen molar-refractivity contribution >= 4 is 27.5 Å². The van der Waals surface area contributed by atoms with Gasteiger partial charge in [0.25, 0.3) is 5.56 Å². The fraction of sp³-hybridized carbons (Fsp3) is 0.632. The number of nitrogens with zero attached hydrogens (tertiary/aromatic N) is 4. The minimum absolute atomic E-state index is 0.00325. The standard InChI is InChI=1S/C19H27N5O4S/c1-12-14(11-22-6-5-21-18(22)20)29-17-15(12)16(25)23(7-9-27-2)19(26)24(17)10-13-4-3-8-28-13/h13H,3-11H2,1-2H3,(H2,20,21). The summed E-state index contributed by atoms with van der Waals surface area (Å²) >= 11 is 1.49. The van der Waals surface area contributed by atoms with Crippen LogP contribution in [0.5, 0.6) is 0 Å². The van der Waals surface area contributed by atoms with Crippen molar-refractivity contribution in [3.05, 3.63) is 31.3 Å². The van der Waals surface area contributed by atoms with Gasteiger partial charge in [-0.3, -0.25) is 18.9 Å². The van der Waals surface area contributed by atoms with E-state index in [1.807, 2.05) is 11.8 Å². The van der Waals surface area contributed by atoms with Gasteiger partial charge >= 0.3 is 5.69 Å². The number of nitrogens with two attached hydrogens (primary N) is 1. The summed E-state index contributed by atoms with van der Waals surface area (Å²) in [7, 11) is 1.56. The van der Waals surface area contributed by atoms with Gasteiger partial charge in [-0.25, -0.2) is 4.79 Å². The first-order valence-corrected chi connectivity index (χ1v) is 10.7. The predicted molar refractivity (Wildman–Crippen MR) is 113 cm³/mol. The Hall–Kier alpha value is -2.17. The van der Waals surface area contributed by atoms with Crippen molar-refractivity contribution in [2.24, 2.45) is 10.7 Å². The Morgan fingerprint density at radius 3 is 2.83 bits per heavy atom. The second-order valence-electron chi connectivity index (χ2n) is 7.47. The lowest BCUT2D eigenvalue weighted by molar-refractivity contribution is 0.0964. The first-order chi connectivity index (χ1) is 14.0.